The number of methoxy groups -OCH3 is 1. The molecule has 4 aromatic rings. The number of nitrogens with zero attached hydrogens (tertiary/aromatic N) is 5. The summed E-state index contributed by atoms with van der Waals surface area (Å²) in [6.45, 7) is 7.79. The number of aromatic nitrogens is 3. The van der Waals surface area contributed by atoms with Crippen molar-refractivity contribution in [1.29, 1.82) is 0 Å². The molecule has 1 saturated carbocycles. The monoisotopic (exact) mass is 545 g/mol. The summed E-state index contributed by atoms with van der Waals surface area (Å²) in [5.41, 5.74) is 3.06. The van der Waals surface area contributed by atoms with Crippen LogP contribution in [-0.4, -0.2) is 59.7 Å². The lowest BCUT2D eigenvalue weighted by atomic mass is 9.73. The Balaban J connectivity index is 1.08. The number of thiophene rings is 1. The average Bonchev–Trinajstić information content (AvgIpc) is 3.48. The molecule has 10 heteroatoms. The number of para-hydroxylation sites is 1. The lowest BCUT2D eigenvalue weighted by Crippen LogP contribution is -2.72. The zero-order valence-corrected chi connectivity index (χ0v) is 23.1. The number of phenolic OH excluding ortho intramolecular Hbond substituents is 1. The second kappa shape index (κ2) is 8.94. The highest BCUT2D eigenvalue weighted by atomic mass is 32.1. The number of carbonyl (C=O) groups excluding carboxylic acids is 1. The summed E-state index contributed by atoms with van der Waals surface area (Å²) in [6.07, 6.45) is 2.41. The van der Waals surface area contributed by atoms with Crippen LogP contribution in [0, 0.1) is 11.3 Å². The van der Waals surface area contributed by atoms with Crippen LogP contribution in [-0.2, 0) is 9.53 Å². The van der Waals surface area contributed by atoms with Crippen LogP contribution in [0.15, 0.2) is 40.9 Å². The summed E-state index contributed by atoms with van der Waals surface area (Å²) in [5.74, 6) is 1.45. The minimum atomic E-state index is -0.450. The summed E-state index contributed by atoms with van der Waals surface area (Å²) in [6, 6.07) is 11.3. The van der Waals surface area contributed by atoms with Gasteiger partial charge in [-0.2, -0.15) is 0 Å². The van der Waals surface area contributed by atoms with Gasteiger partial charge in [-0.3, -0.25) is 4.79 Å². The molecule has 1 aromatic carbocycles. The van der Waals surface area contributed by atoms with Crippen molar-refractivity contribution in [3.8, 4) is 17.0 Å². The van der Waals surface area contributed by atoms with E-state index >= 15 is 0 Å². The molecule has 0 bridgehead atoms. The molecule has 39 heavy (non-hydrogen) atoms. The molecule has 1 unspecified atom stereocenters. The molecule has 202 valence electrons. The summed E-state index contributed by atoms with van der Waals surface area (Å²) in [4.78, 5) is 17.9. The van der Waals surface area contributed by atoms with Crippen LogP contribution in [0.3, 0.4) is 0 Å². The van der Waals surface area contributed by atoms with E-state index in [9.17, 15) is 9.90 Å². The van der Waals surface area contributed by atoms with Gasteiger partial charge < -0.3 is 24.2 Å². The Morgan fingerprint density at radius 3 is 2.56 bits per heavy atom. The molecule has 1 aliphatic carbocycles. The smallest absolute Gasteiger partial charge is 0.316 e. The number of hydrogen-bond donors (Lipinski definition) is 1. The Bertz CT molecular complexity index is 1560. The Kier molecular flexibility index (Phi) is 5.59. The van der Waals surface area contributed by atoms with Crippen LogP contribution in [0.2, 0.25) is 0 Å². The van der Waals surface area contributed by atoms with Crippen molar-refractivity contribution < 1.29 is 19.2 Å². The first-order chi connectivity index (χ1) is 18.9. The number of phenols is 1. The quantitative estimate of drug-likeness (QED) is 0.315. The zero-order chi connectivity index (χ0) is 26.9. The van der Waals surface area contributed by atoms with E-state index in [-0.39, 0.29) is 23.1 Å². The summed E-state index contributed by atoms with van der Waals surface area (Å²) < 4.78 is 10.6. The van der Waals surface area contributed by atoms with Gasteiger partial charge in [-0.15, -0.1) is 10.2 Å². The van der Waals surface area contributed by atoms with Crippen molar-refractivity contribution in [2.24, 2.45) is 11.3 Å². The van der Waals surface area contributed by atoms with Gasteiger partial charge in [0.05, 0.1) is 17.8 Å². The van der Waals surface area contributed by atoms with Gasteiger partial charge in [0.25, 0.3) is 0 Å². The van der Waals surface area contributed by atoms with Crippen LogP contribution >= 0.6 is 11.3 Å². The van der Waals surface area contributed by atoms with Gasteiger partial charge in [0.15, 0.2) is 11.6 Å². The number of fused-ring (bicyclic) bond motifs is 1. The van der Waals surface area contributed by atoms with E-state index in [2.05, 4.69) is 31.2 Å². The molecule has 7 rings (SSSR count). The number of benzene rings is 1. The first kappa shape index (κ1) is 24.4. The van der Waals surface area contributed by atoms with Crippen molar-refractivity contribution in [3.63, 3.8) is 0 Å². The van der Waals surface area contributed by atoms with Gasteiger partial charge in [0.2, 0.25) is 0 Å². The molecular formula is C29H31N5O4S. The highest BCUT2D eigenvalue weighted by Gasteiger charge is 2.53. The van der Waals surface area contributed by atoms with Crippen LogP contribution in [0.25, 0.3) is 21.5 Å². The summed E-state index contributed by atoms with van der Waals surface area (Å²) in [5, 5.41) is 26.1. The van der Waals surface area contributed by atoms with E-state index in [1.165, 1.54) is 35.9 Å². The molecule has 1 spiro atoms. The lowest BCUT2D eigenvalue weighted by molar-refractivity contribution is -0.144. The van der Waals surface area contributed by atoms with Crippen molar-refractivity contribution in [2.75, 3.05) is 43.1 Å². The standard InChI is InChI=1S/C29H31N5O4S/c1-16(2)24(28(36)37-3)22-11-23(32-38-22)33-12-29(13-33)14-34(15-29)27-25(17-8-9-17)19-10-20(30-31-26(19)39-27)18-6-4-5-7-21(18)35/h4-7,10-11,16-17,24,35H,8-9,12-15H2,1-3H3. The largest absolute Gasteiger partial charge is 0.507 e. The molecule has 1 N–H and O–H groups in total. The zero-order valence-electron chi connectivity index (χ0n) is 22.3. The fraction of sp³-hybridized carbons (Fsp3) is 0.448. The highest BCUT2D eigenvalue weighted by Crippen LogP contribution is 2.54. The summed E-state index contributed by atoms with van der Waals surface area (Å²) in [7, 11) is 1.40. The second-order valence-corrected chi connectivity index (χ2v) is 12.6. The predicted molar refractivity (Wildman–Crippen MR) is 149 cm³/mol. The maximum Gasteiger partial charge on any atom is 0.316 e. The molecule has 0 radical (unpaired) electrons. The molecule has 5 heterocycles. The van der Waals surface area contributed by atoms with E-state index in [0.717, 1.165) is 36.8 Å². The minimum Gasteiger partial charge on any atom is -0.507 e. The third kappa shape index (κ3) is 4.04. The van der Waals surface area contributed by atoms with E-state index in [4.69, 9.17) is 9.26 Å². The van der Waals surface area contributed by atoms with Crippen molar-refractivity contribution >= 4 is 38.3 Å². The predicted octanol–water partition coefficient (Wildman–Crippen LogP) is 5.17. The van der Waals surface area contributed by atoms with Gasteiger partial charge in [-0.05, 0) is 48.4 Å². The number of hydrogen-bond acceptors (Lipinski definition) is 10. The fourth-order valence-corrected chi connectivity index (χ4v) is 7.37. The molecule has 3 aliphatic rings. The molecule has 1 atom stereocenters. The molecule has 2 saturated heterocycles. The molecule has 9 nitrogen and oxygen atoms in total. The number of anilines is 2. The Hall–Kier alpha value is -3.66. The first-order valence-corrected chi connectivity index (χ1v) is 14.3. The fourth-order valence-electron chi connectivity index (χ4n) is 6.19. The molecule has 3 aromatic heterocycles. The maximum atomic E-state index is 12.2. The first-order valence-electron chi connectivity index (χ1n) is 13.5. The summed E-state index contributed by atoms with van der Waals surface area (Å²) >= 11 is 1.74. The van der Waals surface area contributed by atoms with Crippen molar-refractivity contribution in [3.05, 3.63) is 47.7 Å². The third-order valence-electron chi connectivity index (χ3n) is 8.30. The normalized spacial score (nSPS) is 18.9. The molecule has 3 fully saturated rings. The van der Waals surface area contributed by atoms with Crippen LogP contribution < -0.4 is 9.80 Å². The van der Waals surface area contributed by atoms with Gasteiger partial charge in [-0.1, -0.05) is 42.5 Å². The van der Waals surface area contributed by atoms with E-state index in [0.29, 0.717) is 22.9 Å². The number of ether oxygens (including phenoxy) is 1. The van der Waals surface area contributed by atoms with Crippen LogP contribution in [0.1, 0.15) is 49.8 Å². The van der Waals surface area contributed by atoms with Crippen LogP contribution in [0.4, 0.5) is 10.8 Å². The highest BCUT2D eigenvalue weighted by molar-refractivity contribution is 7.22. The van der Waals surface area contributed by atoms with Gasteiger partial charge >= 0.3 is 5.97 Å². The van der Waals surface area contributed by atoms with Gasteiger partial charge in [-0.25, -0.2) is 0 Å². The Morgan fingerprint density at radius 1 is 1.13 bits per heavy atom. The number of rotatable bonds is 7. The number of carbonyl (C=O) groups is 1. The molecular weight excluding hydrogens is 514 g/mol. The van der Waals surface area contributed by atoms with Gasteiger partial charge in [0.1, 0.15) is 16.5 Å². The minimum absolute atomic E-state index is 0.0577. The van der Waals surface area contributed by atoms with Crippen molar-refractivity contribution in [2.45, 2.75) is 38.5 Å². The average molecular weight is 546 g/mol. The van der Waals surface area contributed by atoms with Crippen LogP contribution in [0.5, 0.6) is 5.75 Å². The maximum absolute atomic E-state index is 12.2. The lowest BCUT2D eigenvalue weighted by Gasteiger charge is -2.60. The number of esters is 1. The van der Waals surface area contributed by atoms with E-state index in [1.807, 2.05) is 38.1 Å². The molecule has 0 amide bonds. The third-order valence-corrected chi connectivity index (χ3v) is 9.47. The molecule has 2 aliphatic heterocycles. The second-order valence-electron chi connectivity index (χ2n) is 11.6. The van der Waals surface area contributed by atoms with E-state index < -0.39 is 5.92 Å². The van der Waals surface area contributed by atoms with Crippen molar-refractivity contribution in [1.82, 2.24) is 15.4 Å². The van der Waals surface area contributed by atoms with Gasteiger partial charge in [0, 0.05) is 48.6 Å². The Morgan fingerprint density at radius 2 is 1.87 bits per heavy atom. The van der Waals surface area contributed by atoms with E-state index in [1.54, 1.807) is 17.4 Å². The topological polar surface area (TPSA) is 105 Å². The number of aromatic hydroxyl groups is 1. The SMILES string of the molecule is COC(=O)C(c1cc(N2CC3(C2)CN(c2sc4nnc(-c5ccccc5O)cc4c2C2CC2)C3)no1)C(C)C. The Labute approximate surface area is 230 Å².